The first-order chi connectivity index (χ1) is 13.8. The predicted octanol–water partition coefficient (Wildman–Crippen LogP) is 3.80. The van der Waals surface area contributed by atoms with Gasteiger partial charge in [-0.05, 0) is 54.6 Å². The summed E-state index contributed by atoms with van der Waals surface area (Å²) < 4.78 is 13.4. The van der Waals surface area contributed by atoms with E-state index in [1.807, 2.05) is 36.9 Å². The van der Waals surface area contributed by atoms with Crippen LogP contribution in [-0.2, 0) is 11.3 Å². The van der Waals surface area contributed by atoms with Crippen LogP contribution in [0.5, 0.6) is 0 Å². The number of anilines is 1. The van der Waals surface area contributed by atoms with Crippen LogP contribution in [0.3, 0.4) is 0 Å². The Morgan fingerprint density at radius 1 is 1.17 bits per heavy atom. The molecule has 154 valence electrons. The lowest BCUT2D eigenvalue weighted by molar-refractivity contribution is -0.134. The minimum Gasteiger partial charge on any atom is -0.337 e. The largest absolute Gasteiger partial charge is 0.337 e. The van der Waals surface area contributed by atoms with E-state index in [0.29, 0.717) is 25.3 Å². The minimum absolute atomic E-state index is 0.0950. The van der Waals surface area contributed by atoms with Crippen LogP contribution in [0.2, 0.25) is 0 Å². The van der Waals surface area contributed by atoms with E-state index in [1.54, 1.807) is 12.1 Å². The molecule has 2 aromatic rings. The second kappa shape index (κ2) is 8.74. The lowest BCUT2D eigenvalue weighted by atomic mass is 9.92. The van der Waals surface area contributed by atoms with E-state index in [2.05, 4.69) is 5.32 Å². The van der Waals surface area contributed by atoms with Crippen molar-refractivity contribution in [1.82, 2.24) is 4.90 Å². The number of para-hydroxylation sites is 1. The van der Waals surface area contributed by atoms with Gasteiger partial charge in [-0.1, -0.05) is 38.1 Å². The fraction of sp³-hybridized carbons (Fsp3) is 0.391. The van der Waals surface area contributed by atoms with Crippen molar-refractivity contribution in [2.45, 2.75) is 33.2 Å². The van der Waals surface area contributed by atoms with Gasteiger partial charge in [0.15, 0.2) is 0 Å². The zero-order valence-corrected chi connectivity index (χ0v) is 17.0. The molecule has 1 aliphatic rings. The van der Waals surface area contributed by atoms with Gasteiger partial charge in [0.2, 0.25) is 5.91 Å². The van der Waals surface area contributed by atoms with E-state index >= 15 is 0 Å². The van der Waals surface area contributed by atoms with Gasteiger partial charge < -0.3 is 16.0 Å². The van der Waals surface area contributed by atoms with Crippen LogP contribution in [0.25, 0.3) is 0 Å². The Labute approximate surface area is 171 Å². The Kier molecular flexibility index (Phi) is 6.33. The van der Waals surface area contributed by atoms with E-state index < -0.39 is 5.82 Å². The molecule has 6 heteroatoms. The summed E-state index contributed by atoms with van der Waals surface area (Å²) in [5.41, 5.74) is 7.37. The summed E-state index contributed by atoms with van der Waals surface area (Å²) in [7, 11) is 0. The Balaban J connectivity index is 1.80. The molecule has 0 atom stereocenters. The molecule has 2 amide bonds. The van der Waals surface area contributed by atoms with Crippen LogP contribution in [-0.4, -0.2) is 29.8 Å². The lowest BCUT2D eigenvalue weighted by Crippen LogP contribution is -2.42. The molecule has 0 unspecified atom stereocenters. The molecule has 2 aromatic carbocycles. The van der Waals surface area contributed by atoms with Gasteiger partial charge in [-0.15, -0.1) is 0 Å². The van der Waals surface area contributed by atoms with E-state index in [0.717, 1.165) is 18.4 Å². The van der Waals surface area contributed by atoms with Gasteiger partial charge in [0.05, 0.1) is 0 Å². The Hall–Kier alpha value is -2.73. The molecular formula is C23H28FN3O2. The number of hydrogen-bond acceptors (Lipinski definition) is 3. The standard InChI is InChI=1S/C23H28FN3O2/c1-23(2,14-25)15-27(22(29)16-10-11-16)13-18-6-3-4-9-20(18)26-21(28)17-7-5-8-19(24)12-17/h3-9,12,16H,10-11,13-15,25H2,1-2H3,(H,26,28). The smallest absolute Gasteiger partial charge is 0.255 e. The van der Waals surface area contributed by atoms with Gasteiger partial charge in [-0.25, -0.2) is 4.39 Å². The fourth-order valence-electron chi connectivity index (χ4n) is 3.19. The number of hydrogen-bond donors (Lipinski definition) is 2. The van der Waals surface area contributed by atoms with Crippen molar-refractivity contribution < 1.29 is 14.0 Å². The summed E-state index contributed by atoms with van der Waals surface area (Å²) in [6.45, 7) is 5.48. The second-order valence-electron chi connectivity index (χ2n) is 8.46. The molecule has 3 rings (SSSR count). The SMILES string of the molecule is CC(C)(CN)CN(Cc1ccccc1NC(=O)c1cccc(F)c1)C(=O)C1CC1. The summed E-state index contributed by atoms with van der Waals surface area (Å²) in [5.74, 6) is -0.620. The number of carbonyl (C=O) groups excluding carboxylic acids is 2. The first-order valence-corrected chi connectivity index (χ1v) is 9.93. The summed E-state index contributed by atoms with van der Waals surface area (Å²) in [6.07, 6.45) is 1.85. The highest BCUT2D eigenvalue weighted by molar-refractivity contribution is 6.04. The molecule has 1 fully saturated rings. The molecular weight excluding hydrogens is 369 g/mol. The molecule has 0 aliphatic heterocycles. The predicted molar refractivity (Wildman–Crippen MR) is 112 cm³/mol. The fourth-order valence-corrected chi connectivity index (χ4v) is 3.19. The van der Waals surface area contributed by atoms with Crippen molar-refractivity contribution >= 4 is 17.5 Å². The third-order valence-electron chi connectivity index (χ3n) is 5.12. The van der Waals surface area contributed by atoms with Crippen molar-refractivity contribution in [3.05, 3.63) is 65.5 Å². The second-order valence-corrected chi connectivity index (χ2v) is 8.46. The van der Waals surface area contributed by atoms with Gasteiger partial charge in [0.1, 0.15) is 5.82 Å². The summed E-state index contributed by atoms with van der Waals surface area (Å²) in [6, 6.07) is 12.9. The quantitative estimate of drug-likeness (QED) is 0.711. The van der Waals surface area contributed by atoms with Crippen molar-refractivity contribution in [2.24, 2.45) is 17.1 Å². The number of rotatable bonds is 8. The average Bonchev–Trinajstić information content (AvgIpc) is 3.53. The molecule has 0 bridgehead atoms. The van der Waals surface area contributed by atoms with Crippen LogP contribution in [0.1, 0.15) is 42.6 Å². The molecule has 0 aromatic heterocycles. The zero-order chi connectivity index (χ0) is 21.0. The number of nitrogens with zero attached hydrogens (tertiary/aromatic N) is 1. The molecule has 29 heavy (non-hydrogen) atoms. The van der Waals surface area contributed by atoms with Crippen molar-refractivity contribution in [3.63, 3.8) is 0 Å². The highest BCUT2D eigenvalue weighted by Crippen LogP contribution is 2.33. The third-order valence-corrected chi connectivity index (χ3v) is 5.12. The molecule has 1 saturated carbocycles. The lowest BCUT2D eigenvalue weighted by Gasteiger charge is -2.32. The Bertz CT molecular complexity index is 893. The number of nitrogens with one attached hydrogen (secondary N) is 1. The van der Waals surface area contributed by atoms with Gasteiger partial charge >= 0.3 is 0 Å². The topological polar surface area (TPSA) is 75.4 Å². The molecule has 5 nitrogen and oxygen atoms in total. The number of nitrogens with two attached hydrogens (primary N) is 1. The summed E-state index contributed by atoms with van der Waals surface area (Å²) in [5, 5.41) is 2.85. The van der Waals surface area contributed by atoms with Crippen LogP contribution in [0, 0.1) is 17.2 Å². The maximum Gasteiger partial charge on any atom is 0.255 e. The minimum atomic E-state index is -0.462. The van der Waals surface area contributed by atoms with Gasteiger partial charge in [-0.3, -0.25) is 9.59 Å². The number of halogens is 1. The van der Waals surface area contributed by atoms with Crippen LogP contribution >= 0.6 is 0 Å². The average molecular weight is 397 g/mol. The van der Waals surface area contributed by atoms with Crippen LogP contribution < -0.4 is 11.1 Å². The first-order valence-electron chi connectivity index (χ1n) is 9.93. The van der Waals surface area contributed by atoms with E-state index in [1.165, 1.54) is 18.2 Å². The number of amides is 2. The molecule has 0 heterocycles. The zero-order valence-electron chi connectivity index (χ0n) is 17.0. The van der Waals surface area contributed by atoms with Gasteiger partial charge in [0, 0.05) is 30.3 Å². The first kappa shape index (κ1) is 21.0. The molecule has 1 aliphatic carbocycles. The maximum atomic E-state index is 13.4. The van der Waals surface area contributed by atoms with E-state index in [-0.39, 0.29) is 28.7 Å². The summed E-state index contributed by atoms with van der Waals surface area (Å²) in [4.78, 5) is 27.3. The third kappa shape index (κ3) is 5.64. The molecule has 3 N–H and O–H groups in total. The molecule has 0 saturated heterocycles. The van der Waals surface area contributed by atoms with Crippen molar-refractivity contribution in [1.29, 1.82) is 0 Å². The summed E-state index contributed by atoms with van der Waals surface area (Å²) >= 11 is 0. The normalized spacial score (nSPS) is 13.8. The Morgan fingerprint density at radius 3 is 2.55 bits per heavy atom. The highest BCUT2D eigenvalue weighted by atomic mass is 19.1. The monoisotopic (exact) mass is 397 g/mol. The Morgan fingerprint density at radius 2 is 1.90 bits per heavy atom. The number of carbonyl (C=O) groups is 2. The van der Waals surface area contributed by atoms with Crippen molar-refractivity contribution in [3.8, 4) is 0 Å². The molecule has 0 spiro atoms. The van der Waals surface area contributed by atoms with E-state index in [9.17, 15) is 14.0 Å². The number of benzene rings is 2. The van der Waals surface area contributed by atoms with Crippen LogP contribution in [0.4, 0.5) is 10.1 Å². The molecule has 0 radical (unpaired) electrons. The maximum absolute atomic E-state index is 13.4. The highest BCUT2D eigenvalue weighted by Gasteiger charge is 2.35. The van der Waals surface area contributed by atoms with Crippen molar-refractivity contribution in [2.75, 3.05) is 18.4 Å². The van der Waals surface area contributed by atoms with Crippen LogP contribution in [0.15, 0.2) is 48.5 Å². The van der Waals surface area contributed by atoms with Gasteiger partial charge in [0.25, 0.3) is 5.91 Å². The van der Waals surface area contributed by atoms with E-state index in [4.69, 9.17) is 5.73 Å². The van der Waals surface area contributed by atoms with Gasteiger partial charge in [-0.2, -0.15) is 0 Å².